The Balaban J connectivity index is 3.03. The molecule has 19 heavy (non-hydrogen) atoms. The second-order valence-electron chi connectivity index (χ2n) is 4.20. The van der Waals surface area contributed by atoms with E-state index in [4.69, 9.17) is 4.74 Å². The molecule has 1 N–H and O–H groups in total. The van der Waals surface area contributed by atoms with Gasteiger partial charge in [-0.25, -0.2) is 4.39 Å². The zero-order valence-corrected chi connectivity index (χ0v) is 11.3. The summed E-state index contributed by atoms with van der Waals surface area (Å²) in [4.78, 5) is 12.2. The fraction of sp³-hybridized carbons (Fsp3) is 0.429. The molecule has 0 fully saturated rings. The number of nitrogens with one attached hydrogen (secondary N) is 1. The Morgan fingerprint density at radius 2 is 2.11 bits per heavy atom. The topological polar surface area (TPSA) is 62.1 Å². The average Bonchev–Trinajstić information content (AvgIpc) is 2.43. The Morgan fingerprint density at radius 1 is 1.47 bits per heavy atom. The first-order valence-electron chi connectivity index (χ1n) is 6.09. The molecule has 1 aromatic rings. The Kier molecular flexibility index (Phi) is 4.87. The van der Waals surface area contributed by atoms with E-state index in [9.17, 15) is 14.4 Å². The van der Waals surface area contributed by atoms with Crippen LogP contribution in [0.15, 0.2) is 18.2 Å². The number of hydrogen-bond acceptors (Lipinski definition) is 3. The third-order valence-corrected chi connectivity index (χ3v) is 3.27. The second kappa shape index (κ2) is 6.19. The molecule has 1 rings (SSSR count). The summed E-state index contributed by atoms with van der Waals surface area (Å²) in [5.74, 6) is -0.621. The van der Waals surface area contributed by atoms with Crippen LogP contribution in [0.2, 0.25) is 0 Å². The van der Waals surface area contributed by atoms with Crippen LogP contribution in [0.3, 0.4) is 0 Å². The molecular weight excluding hydrogens is 247 g/mol. The molecule has 102 valence electrons. The molecule has 0 aliphatic rings. The van der Waals surface area contributed by atoms with Crippen molar-refractivity contribution in [1.29, 1.82) is 5.26 Å². The van der Waals surface area contributed by atoms with Gasteiger partial charge in [0.2, 0.25) is 5.91 Å². The van der Waals surface area contributed by atoms with E-state index in [2.05, 4.69) is 11.4 Å². The van der Waals surface area contributed by atoms with Gasteiger partial charge in [0.05, 0.1) is 18.9 Å². The fourth-order valence-electron chi connectivity index (χ4n) is 1.79. The number of carbonyl (C=O) groups excluding carboxylic acids is 1. The van der Waals surface area contributed by atoms with Crippen LogP contribution in [-0.4, -0.2) is 13.0 Å². The van der Waals surface area contributed by atoms with Gasteiger partial charge >= 0.3 is 0 Å². The van der Waals surface area contributed by atoms with E-state index in [1.807, 2.05) is 0 Å². The molecule has 0 unspecified atom stereocenters. The summed E-state index contributed by atoms with van der Waals surface area (Å²) in [6.45, 7) is 3.57. The van der Waals surface area contributed by atoms with E-state index in [0.29, 0.717) is 18.5 Å². The summed E-state index contributed by atoms with van der Waals surface area (Å²) < 4.78 is 18.1. The van der Waals surface area contributed by atoms with Gasteiger partial charge < -0.3 is 10.1 Å². The van der Waals surface area contributed by atoms with Crippen molar-refractivity contribution in [3.63, 3.8) is 0 Å². The number of amides is 1. The SMILES string of the molecule is CCC(C#N)(CC)C(=O)Nc1ccc(F)cc1OC. The van der Waals surface area contributed by atoms with Crippen molar-refractivity contribution in [3.8, 4) is 11.8 Å². The molecule has 1 amide bonds. The molecular formula is C14H17FN2O2. The van der Waals surface area contributed by atoms with Gasteiger partial charge in [0.1, 0.15) is 17.0 Å². The van der Waals surface area contributed by atoms with E-state index >= 15 is 0 Å². The molecule has 0 heterocycles. The van der Waals surface area contributed by atoms with Gasteiger partial charge in [0.25, 0.3) is 0 Å². The average molecular weight is 264 g/mol. The van der Waals surface area contributed by atoms with Crippen LogP contribution in [0.25, 0.3) is 0 Å². The van der Waals surface area contributed by atoms with Crippen molar-refractivity contribution in [2.75, 3.05) is 12.4 Å². The minimum absolute atomic E-state index is 0.229. The largest absolute Gasteiger partial charge is 0.494 e. The molecule has 0 aliphatic carbocycles. The van der Waals surface area contributed by atoms with Crippen LogP contribution >= 0.6 is 0 Å². The molecule has 5 heteroatoms. The standard InChI is InChI=1S/C14H17FN2O2/c1-4-14(5-2,9-16)13(18)17-11-7-6-10(15)8-12(11)19-3/h6-8H,4-5H2,1-3H3,(H,17,18). The summed E-state index contributed by atoms with van der Waals surface area (Å²) in [7, 11) is 1.39. The zero-order valence-electron chi connectivity index (χ0n) is 11.3. The first-order valence-corrected chi connectivity index (χ1v) is 6.09. The number of carbonyl (C=O) groups is 1. The lowest BCUT2D eigenvalue weighted by atomic mass is 9.83. The van der Waals surface area contributed by atoms with Gasteiger partial charge in [0, 0.05) is 6.07 Å². The maximum Gasteiger partial charge on any atom is 0.244 e. The molecule has 0 saturated heterocycles. The van der Waals surface area contributed by atoms with Crippen LogP contribution < -0.4 is 10.1 Å². The highest BCUT2D eigenvalue weighted by atomic mass is 19.1. The lowest BCUT2D eigenvalue weighted by Crippen LogP contribution is -2.34. The molecule has 0 bridgehead atoms. The van der Waals surface area contributed by atoms with Crippen molar-refractivity contribution in [1.82, 2.24) is 0 Å². The van der Waals surface area contributed by atoms with Gasteiger partial charge in [-0.15, -0.1) is 0 Å². The van der Waals surface area contributed by atoms with Crippen molar-refractivity contribution in [3.05, 3.63) is 24.0 Å². The maximum atomic E-state index is 13.1. The van der Waals surface area contributed by atoms with E-state index in [0.717, 1.165) is 0 Å². The quantitative estimate of drug-likeness (QED) is 0.888. The first-order chi connectivity index (χ1) is 9.02. The highest BCUT2D eigenvalue weighted by Gasteiger charge is 2.35. The Morgan fingerprint density at radius 3 is 2.58 bits per heavy atom. The number of rotatable bonds is 5. The summed E-state index contributed by atoms with van der Waals surface area (Å²) in [5.41, 5.74) is -0.713. The predicted molar refractivity (Wildman–Crippen MR) is 70.2 cm³/mol. The van der Waals surface area contributed by atoms with Gasteiger partial charge in [-0.05, 0) is 25.0 Å². The first kappa shape index (κ1) is 15.0. The number of ether oxygens (including phenoxy) is 1. The van der Waals surface area contributed by atoms with Crippen molar-refractivity contribution >= 4 is 11.6 Å². The number of methoxy groups -OCH3 is 1. The number of hydrogen-bond donors (Lipinski definition) is 1. The van der Waals surface area contributed by atoms with E-state index in [1.165, 1.54) is 25.3 Å². The highest BCUT2D eigenvalue weighted by molar-refractivity contribution is 5.98. The van der Waals surface area contributed by atoms with Crippen LogP contribution in [-0.2, 0) is 4.79 Å². The molecule has 0 radical (unpaired) electrons. The van der Waals surface area contributed by atoms with Crippen molar-refractivity contribution < 1.29 is 13.9 Å². The Hall–Kier alpha value is -2.09. The lowest BCUT2D eigenvalue weighted by molar-refractivity contribution is -0.123. The molecule has 0 atom stereocenters. The number of halogens is 1. The van der Waals surface area contributed by atoms with Gasteiger partial charge in [0.15, 0.2) is 0 Å². The fourth-order valence-corrected chi connectivity index (χ4v) is 1.79. The number of nitrogens with zero attached hydrogens (tertiary/aromatic N) is 1. The van der Waals surface area contributed by atoms with Crippen molar-refractivity contribution in [2.24, 2.45) is 5.41 Å². The number of benzene rings is 1. The second-order valence-corrected chi connectivity index (χ2v) is 4.20. The zero-order chi connectivity index (χ0) is 14.5. The number of anilines is 1. The summed E-state index contributed by atoms with van der Waals surface area (Å²) in [5, 5.41) is 11.8. The summed E-state index contributed by atoms with van der Waals surface area (Å²) >= 11 is 0. The van der Waals surface area contributed by atoms with Crippen LogP contribution in [0.4, 0.5) is 10.1 Å². The van der Waals surface area contributed by atoms with E-state index < -0.39 is 17.1 Å². The van der Waals surface area contributed by atoms with E-state index in [1.54, 1.807) is 13.8 Å². The predicted octanol–water partition coefficient (Wildman–Crippen LogP) is 3.10. The van der Waals surface area contributed by atoms with Crippen LogP contribution in [0, 0.1) is 22.6 Å². The molecule has 0 saturated carbocycles. The van der Waals surface area contributed by atoms with Crippen LogP contribution in [0.1, 0.15) is 26.7 Å². The molecule has 4 nitrogen and oxygen atoms in total. The lowest BCUT2D eigenvalue weighted by Gasteiger charge is -2.22. The summed E-state index contributed by atoms with van der Waals surface area (Å²) in [6.07, 6.45) is 0.824. The summed E-state index contributed by atoms with van der Waals surface area (Å²) in [6, 6.07) is 5.88. The minimum Gasteiger partial charge on any atom is -0.494 e. The monoisotopic (exact) mass is 264 g/mol. The molecule has 1 aromatic carbocycles. The molecule has 0 aliphatic heterocycles. The van der Waals surface area contributed by atoms with Gasteiger partial charge in [-0.2, -0.15) is 5.26 Å². The highest BCUT2D eigenvalue weighted by Crippen LogP contribution is 2.30. The van der Waals surface area contributed by atoms with Crippen molar-refractivity contribution in [2.45, 2.75) is 26.7 Å². The Bertz CT molecular complexity index is 505. The van der Waals surface area contributed by atoms with Crippen LogP contribution in [0.5, 0.6) is 5.75 Å². The normalized spacial score (nSPS) is 10.7. The maximum absolute atomic E-state index is 13.1. The van der Waals surface area contributed by atoms with Gasteiger partial charge in [-0.1, -0.05) is 13.8 Å². The van der Waals surface area contributed by atoms with E-state index in [-0.39, 0.29) is 5.75 Å². The Labute approximate surface area is 112 Å². The van der Waals surface area contributed by atoms with Gasteiger partial charge in [-0.3, -0.25) is 4.79 Å². The smallest absolute Gasteiger partial charge is 0.244 e. The third kappa shape index (κ3) is 3.02. The molecule has 0 aromatic heterocycles. The third-order valence-electron chi connectivity index (χ3n) is 3.27. The molecule has 0 spiro atoms. The number of nitriles is 1. The minimum atomic E-state index is -1.07.